The number of aryl methyl sites for hydroxylation is 1. The summed E-state index contributed by atoms with van der Waals surface area (Å²) in [5.74, 6) is -0.323. The molecule has 1 heterocycles. The largest absolute Gasteiger partial charge is 0.393 e. The van der Waals surface area contributed by atoms with Crippen molar-refractivity contribution in [2.75, 3.05) is 0 Å². The van der Waals surface area contributed by atoms with Gasteiger partial charge in [-0.1, -0.05) is 12.1 Å². The zero-order chi connectivity index (χ0) is 18.9. The molecule has 1 fully saturated rings. The molecule has 1 saturated carbocycles. The summed E-state index contributed by atoms with van der Waals surface area (Å²) in [6, 6.07) is 9.30. The molecular formula is C18H21N3O4S. The number of pyridine rings is 1. The summed E-state index contributed by atoms with van der Waals surface area (Å²) in [6.07, 6.45) is 2.45. The van der Waals surface area contributed by atoms with Crippen LogP contribution in [0.15, 0.2) is 47.5 Å². The minimum Gasteiger partial charge on any atom is -0.393 e. The first-order valence-corrected chi connectivity index (χ1v) is 9.83. The lowest BCUT2D eigenvalue weighted by Crippen LogP contribution is -2.42. The van der Waals surface area contributed by atoms with Crippen LogP contribution in [0.3, 0.4) is 0 Å². The number of nitrogens with two attached hydrogens (primary N) is 1. The summed E-state index contributed by atoms with van der Waals surface area (Å²) in [6.45, 7) is 1.73. The van der Waals surface area contributed by atoms with E-state index in [1.807, 2.05) is 12.1 Å². The smallest absolute Gasteiger partial charge is 0.252 e. The number of rotatable bonds is 5. The first-order chi connectivity index (χ1) is 12.3. The predicted molar refractivity (Wildman–Crippen MR) is 95.7 cm³/mol. The van der Waals surface area contributed by atoms with E-state index >= 15 is 0 Å². The molecule has 4 N–H and O–H groups in total. The average Bonchev–Trinajstić information content (AvgIpc) is 2.57. The molecule has 1 aromatic heterocycles. The van der Waals surface area contributed by atoms with Gasteiger partial charge < -0.3 is 10.4 Å². The van der Waals surface area contributed by atoms with Crippen LogP contribution >= 0.6 is 0 Å². The lowest BCUT2D eigenvalue weighted by Gasteiger charge is -2.37. The zero-order valence-electron chi connectivity index (χ0n) is 14.3. The van der Waals surface area contributed by atoms with Crippen LogP contribution < -0.4 is 10.5 Å². The van der Waals surface area contributed by atoms with Gasteiger partial charge in [-0.3, -0.25) is 9.78 Å². The van der Waals surface area contributed by atoms with Gasteiger partial charge in [0.15, 0.2) is 0 Å². The molecule has 1 atom stereocenters. The molecule has 1 aliphatic rings. The first-order valence-electron chi connectivity index (χ1n) is 8.29. The van der Waals surface area contributed by atoms with Crippen molar-refractivity contribution in [1.82, 2.24) is 10.3 Å². The van der Waals surface area contributed by atoms with E-state index < -0.39 is 15.9 Å². The van der Waals surface area contributed by atoms with E-state index in [1.54, 1.807) is 25.3 Å². The average molecular weight is 375 g/mol. The van der Waals surface area contributed by atoms with Crippen LogP contribution in [0, 0.1) is 12.8 Å². The monoisotopic (exact) mass is 375 g/mol. The number of nitrogens with one attached hydrogen (secondary N) is 1. The Morgan fingerprint density at radius 1 is 1.31 bits per heavy atom. The molecule has 0 radical (unpaired) electrons. The molecule has 8 heteroatoms. The SMILES string of the molecule is Cc1ccc(S(N)(=O)=O)cc1C(=O)N[C@@H](c1ccccn1)C1CC(O)C1. The van der Waals surface area contributed by atoms with Crippen LogP contribution in [-0.2, 0) is 10.0 Å². The predicted octanol–water partition coefficient (Wildman–Crippen LogP) is 1.28. The van der Waals surface area contributed by atoms with Gasteiger partial charge in [-0.05, 0) is 55.5 Å². The van der Waals surface area contributed by atoms with E-state index in [9.17, 15) is 18.3 Å². The standard InChI is InChI=1S/C18H21N3O4S/c1-11-5-6-14(26(19,24)25)10-15(11)18(23)21-17(12-8-13(22)9-12)16-4-2-3-7-20-16/h2-7,10,12-13,17,22H,8-9H2,1H3,(H,21,23)(H2,19,24,25)/t12?,13?,17-/m1/s1. The molecule has 2 aromatic rings. The Morgan fingerprint density at radius 2 is 2.04 bits per heavy atom. The zero-order valence-corrected chi connectivity index (χ0v) is 15.1. The minimum absolute atomic E-state index is 0.0746. The van der Waals surface area contributed by atoms with E-state index in [4.69, 9.17) is 5.14 Å². The quantitative estimate of drug-likeness (QED) is 0.726. The Balaban J connectivity index is 1.89. The van der Waals surface area contributed by atoms with Crippen molar-refractivity contribution in [2.24, 2.45) is 11.1 Å². The van der Waals surface area contributed by atoms with Crippen LogP contribution in [0.5, 0.6) is 0 Å². The van der Waals surface area contributed by atoms with Crippen molar-refractivity contribution >= 4 is 15.9 Å². The van der Waals surface area contributed by atoms with Gasteiger partial charge in [0.2, 0.25) is 10.0 Å². The number of benzene rings is 1. The third-order valence-corrected chi connectivity index (χ3v) is 5.61. The van der Waals surface area contributed by atoms with Crippen molar-refractivity contribution in [1.29, 1.82) is 0 Å². The maximum absolute atomic E-state index is 12.8. The van der Waals surface area contributed by atoms with Gasteiger partial charge in [0.25, 0.3) is 5.91 Å². The molecule has 0 bridgehead atoms. The number of nitrogens with zero attached hydrogens (tertiary/aromatic N) is 1. The van der Waals surface area contributed by atoms with Crippen LogP contribution in [0.1, 0.15) is 40.5 Å². The Hall–Kier alpha value is -2.29. The number of aromatic nitrogens is 1. The summed E-state index contributed by atoms with van der Waals surface area (Å²) >= 11 is 0. The molecule has 0 saturated heterocycles. The van der Waals surface area contributed by atoms with Gasteiger partial charge in [-0.25, -0.2) is 13.6 Å². The van der Waals surface area contributed by atoms with Crippen molar-refractivity contribution in [3.8, 4) is 0 Å². The van der Waals surface area contributed by atoms with E-state index in [1.165, 1.54) is 12.1 Å². The van der Waals surface area contributed by atoms with Crippen molar-refractivity contribution in [2.45, 2.75) is 36.8 Å². The molecular weight excluding hydrogens is 354 g/mol. The lowest BCUT2D eigenvalue weighted by molar-refractivity contribution is 0.0228. The Kier molecular flexibility index (Phi) is 5.08. The summed E-state index contributed by atoms with van der Waals surface area (Å²) in [5, 5.41) is 17.7. The fourth-order valence-corrected chi connectivity index (χ4v) is 3.68. The van der Waals surface area contributed by atoms with Crippen LogP contribution in [0.4, 0.5) is 0 Å². The van der Waals surface area contributed by atoms with Crippen molar-refractivity contribution < 1.29 is 18.3 Å². The molecule has 1 aliphatic carbocycles. The minimum atomic E-state index is -3.90. The van der Waals surface area contributed by atoms with Crippen LogP contribution in [0.25, 0.3) is 0 Å². The maximum atomic E-state index is 12.8. The second-order valence-corrected chi connectivity index (χ2v) is 8.17. The summed E-state index contributed by atoms with van der Waals surface area (Å²) in [4.78, 5) is 17.0. The normalized spacial score (nSPS) is 20.9. The summed E-state index contributed by atoms with van der Waals surface area (Å²) in [5.41, 5.74) is 1.60. The number of primary sulfonamides is 1. The Bertz CT molecular complexity index is 909. The highest BCUT2D eigenvalue weighted by molar-refractivity contribution is 7.89. The molecule has 1 aromatic carbocycles. The molecule has 0 aliphatic heterocycles. The van der Waals surface area contributed by atoms with Gasteiger partial charge in [-0.15, -0.1) is 0 Å². The highest BCUT2D eigenvalue weighted by Crippen LogP contribution is 2.37. The molecule has 7 nitrogen and oxygen atoms in total. The number of hydrogen-bond donors (Lipinski definition) is 3. The molecule has 138 valence electrons. The van der Waals surface area contributed by atoms with E-state index in [2.05, 4.69) is 10.3 Å². The van der Waals surface area contributed by atoms with E-state index in [-0.39, 0.29) is 28.5 Å². The third-order valence-electron chi connectivity index (χ3n) is 4.70. The number of hydrogen-bond acceptors (Lipinski definition) is 5. The fraction of sp³-hybridized carbons (Fsp3) is 0.333. The maximum Gasteiger partial charge on any atom is 0.252 e. The first kappa shape index (κ1) is 18.5. The third kappa shape index (κ3) is 3.92. The second-order valence-electron chi connectivity index (χ2n) is 6.61. The topological polar surface area (TPSA) is 122 Å². The highest BCUT2D eigenvalue weighted by Gasteiger charge is 2.36. The van der Waals surface area contributed by atoms with Gasteiger partial charge in [0, 0.05) is 11.8 Å². The van der Waals surface area contributed by atoms with Crippen molar-refractivity contribution in [3.63, 3.8) is 0 Å². The molecule has 0 unspecified atom stereocenters. The van der Waals surface area contributed by atoms with Crippen LogP contribution in [0.2, 0.25) is 0 Å². The van der Waals surface area contributed by atoms with Crippen LogP contribution in [-0.4, -0.2) is 30.5 Å². The molecule has 3 rings (SSSR count). The summed E-state index contributed by atoms with van der Waals surface area (Å²) < 4.78 is 23.1. The Morgan fingerprint density at radius 3 is 2.62 bits per heavy atom. The lowest BCUT2D eigenvalue weighted by atomic mass is 9.76. The molecule has 1 amide bonds. The highest BCUT2D eigenvalue weighted by atomic mass is 32.2. The number of sulfonamides is 1. The van der Waals surface area contributed by atoms with Gasteiger partial charge in [0.1, 0.15) is 0 Å². The number of aliphatic hydroxyl groups is 1. The van der Waals surface area contributed by atoms with E-state index in [0.717, 1.165) is 0 Å². The number of aliphatic hydroxyl groups excluding tert-OH is 1. The van der Waals surface area contributed by atoms with Gasteiger partial charge in [0.05, 0.1) is 22.7 Å². The van der Waals surface area contributed by atoms with E-state index in [0.29, 0.717) is 24.1 Å². The fourth-order valence-electron chi connectivity index (χ4n) is 3.14. The number of carbonyl (C=O) groups is 1. The second kappa shape index (κ2) is 7.14. The summed E-state index contributed by atoms with van der Waals surface area (Å²) in [7, 11) is -3.90. The molecule has 26 heavy (non-hydrogen) atoms. The van der Waals surface area contributed by atoms with Gasteiger partial charge >= 0.3 is 0 Å². The molecule has 0 spiro atoms. The van der Waals surface area contributed by atoms with Crippen molar-refractivity contribution in [3.05, 3.63) is 59.4 Å². The number of carbonyl (C=O) groups excluding carboxylic acids is 1. The number of amides is 1. The Labute approximate surface area is 152 Å². The van der Waals surface area contributed by atoms with Gasteiger partial charge in [-0.2, -0.15) is 0 Å².